The van der Waals surface area contributed by atoms with Crippen LogP contribution in [0.25, 0.3) is 5.70 Å². The molecule has 1 aliphatic heterocycles. The van der Waals surface area contributed by atoms with Crippen molar-refractivity contribution in [1.82, 2.24) is 0 Å². The molecule has 2 aliphatic rings. The molecular formula is C23H30N2S. The van der Waals surface area contributed by atoms with Gasteiger partial charge in [-0.1, -0.05) is 19.1 Å². The predicted molar refractivity (Wildman–Crippen MR) is 116 cm³/mol. The zero-order valence-electron chi connectivity index (χ0n) is 16.9. The second-order valence-corrected chi connectivity index (χ2v) is 9.14. The van der Waals surface area contributed by atoms with Gasteiger partial charge >= 0.3 is 0 Å². The van der Waals surface area contributed by atoms with Crippen molar-refractivity contribution < 1.29 is 0 Å². The number of allylic oxidation sites excluding steroid dienone is 1. The van der Waals surface area contributed by atoms with Gasteiger partial charge in [-0.15, -0.1) is 11.3 Å². The molecule has 1 N–H and O–H groups in total. The minimum absolute atomic E-state index is 0.519. The summed E-state index contributed by atoms with van der Waals surface area (Å²) >= 11 is 1.98. The number of nitrogens with one attached hydrogen (secondary N) is 1. The molecule has 0 amide bonds. The minimum atomic E-state index is 0.519. The van der Waals surface area contributed by atoms with Gasteiger partial charge in [0.25, 0.3) is 0 Å². The fourth-order valence-corrected chi connectivity index (χ4v) is 5.98. The van der Waals surface area contributed by atoms with Crippen LogP contribution in [0, 0.1) is 13.8 Å². The number of para-hydroxylation sites is 1. The number of hydrogen-bond acceptors (Lipinski definition) is 3. The van der Waals surface area contributed by atoms with E-state index < -0.39 is 0 Å². The van der Waals surface area contributed by atoms with E-state index in [1.165, 1.54) is 56.4 Å². The fourth-order valence-electron chi connectivity index (χ4n) is 4.60. The maximum atomic E-state index is 3.77. The number of thiophene rings is 1. The number of rotatable bonds is 3. The Morgan fingerprint density at radius 3 is 2.69 bits per heavy atom. The molecule has 1 aliphatic carbocycles. The van der Waals surface area contributed by atoms with Gasteiger partial charge in [-0.2, -0.15) is 0 Å². The lowest BCUT2D eigenvalue weighted by atomic mass is 9.97. The van der Waals surface area contributed by atoms with Gasteiger partial charge in [0.05, 0.1) is 21.9 Å². The molecule has 138 valence electrons. The van der Waals surface area contributed by atoms with Crippen LogP contribution in [0.4, 0.5) is 11.4 Å². The van der Waals surface area contributed by atoms with Gasteiger partial charge in [-0.05, 0) is 75.8 Å². The minimum Gasteiger partial charge on any atom is -0.381 e. The average Bonchev–Trinajstić information content (AvgIpc) is 3.04. The Hall–Kier alpha value is -1.74. The number of hydrogen-bond donors (Lipinski definition) is 1. The van der Waals surface area contributed by atoms with Crippen molar-refractivity contribution in [2.45, 2.75) is 66.3 Å². The van der Waals surface area contributed by atoms with Crippen molar-refractivity contribution in [3.63, 3.8) is 0 Å². The highest BCUT2D eigenvalue weighted by atomic mass is 32.1. The van der Waals surface area contributed by atoms with Crippen LogP contribution in [0.15, 0.2) is 23.8 Å². The summed E-state index contributed by atoms with van der Waals surface area (Å²) in [6, 6.07) is 7.36. The SMILES string of the molecule is CCN(C1=C(C)C(C)c2c1sc(C)c2C)c1cccc2c1NC(C)CC2. The summed E-state index contributed by atoms with van der Waals surface area (Å²) in [5, 5.41) is 3.77. The van der Waals surface area contributed by atoms with Crippen LogP contribution in [-0.2, 0) is 6.42 Å². The van der Waals surface area contributed by atoms with Crippen LogP contribution in [0.3, 0.4) is 0 Å². The first kappa shape index (κ1) is 17.7. The monoisotopic (exact) mass is 366 g/mol. The largest absolute Gasteiger partial charge is 0.381 e. The van der Waals surface area contributed by atoms with Crippen molar-refractivity contribution in [3.8, 4) is 0 Å². The van der Waals surface area contributed by atoms with Gasteiger partial charge in [0.1, 0.15) is 0 Å². The number of anilines is 2. The quantitative estimate of drug-likeness (QED) is 0.668. The van der Waals surface area contributed by atoms with E-state index in [0.29, 0.717) is 12.0 Å². The average molecular weight is 367 g/mol. The number of nitrogens with zero attached hydrogens (tertiary/aromatic N) is 1. The summed E-state index contributed by atoms with van der Waals surface area (Å²) in [6.45, 7) is 14.8. The second-order valence-electron chi connectivity index (χ2n) is 7.92. The Morgan fingerprint density at radius 1 is 1.19 bits per heavy atom. The third-order valence-electron chi connectivity index (χ3n) is 6.35. The molecule has 0 fully saturated rings. The topological polar surface area (TPSA) is 15.3 Å². The van der Waals surface area contributed by atoms with Crippen LogP contribution < -0.4 is 10.2 Å². The van der Waals surface area contributed by atoms with Crippen molar-refractivity contribution in [1.29, 1.82) is 0 Å². The van der Waals surface area contributed by atoms with Gasteiger partial charge in [0.15, 0.2) is 0 Å². The summed E-state index contributed by atoms with van der Waals surface area (Å²) < 4.78 is 0. The molecule has 1 aromatic heterocycles. The van der Waals surface area contributed by atoms with Crippen LogP contribution >= 0.6 is 11.3 Å². The van der Waals surface area contributed by atoms with E-state index in [2.05, 4.69) is 70.0 Å². The Labute approximate surface area is 161 Å². The van der Waals surface area contributed by atoms with E-state index in [1.54, 1.807) is 5.56 Å². The molecule has 0 saturated carbocycles. The Bertz CT molecular complexity index is 890. The molecule has 0 radical (unpaired) electrons. The number of benzene rings is 1. The molecule has 4 rings (SSSR count). The van der Waals surface area contributed by atoms with Crippen LogP contribution in [0.2, 0.25) is 0 Å². The standard InChI is InChI=1S/C23H30N2S/c1-7-25(19-10-8-9-18-12-11-13(2)24-21(18)19)22-15(4)14(3)20-16(5)17(6)26-23(20)22/h8-10,13-14,24H,7,11-12H2,1-6H3. The highest BCUT2D eigenvalue weighted by Crippen LogP contribution is 2.51. The van der Waals surface area contributed by atoms with Crippen molar-refractivity contribution in [3.05, 3.63) is 50.2 Å². The summed E-state index contributed by atoms with van der Waals surface area (Å²) in [4.78, 5) is 5.51. The molecule has 26 heavy (non-hydrogen) atoms. The first-order chi connectivity index (χ1) is 12.4. The predicted octanol–water partition coefficient (Wildman–Crippen LogP) is 6.49. The van der Waals surface area contributed by atoms with Crippen molar-refractivity contribution >= 4 is 28.4 Å². The van der Waals surface area contributed by atoms with Gasteiger partial charge < -0.3 is 10.2 Å². The summed E-state index contributed by atoms with van der Waals surface area (Å²) in [6.07, 6.45) is 2.39. The molecule has 0 bridgehead atoms. The van der Waals surface area contributed by atoms with E-state index in [1.807, 2.05) is 11.3 Å². The van der Waals surface area contributed by atoms with Gasteiger partial charge in [0, 0.05) is 23.4 Å². The molecule has 0 spiro atoms. The highest BCUT2D eigenvalue weighted by molar-refractivity contribution is 7.13. The molecule has 2 unspecified atom stereocenters. The second kappa shape index (κ2) is 6.45. The van der Waals surface area contributed by atoms with Gasteiger partial charge in [-0.3, -0.25) is 0 Å². The Kier molecular flexibility index (Phi) is 4.38. The molecular weight excluding hydrogens is 336 g/mol. The maximum absolute atomic E-state index is 3.77. The lowest BCUT2D eigenvalue weighted by molar-refractivity contribution is 0.680. The van der Waals surface area contributed by atoms with Crippen LogP contribution in [0.1, 0.15) is 66.5 Å². The van der Waals surface area contributed by atoms with Crippen LogP contribution in [-0.4, -0.2) is 12.6 Å². The van der Waals surface area contributed by atoms with Crippen molar-refractivity contribution in [2.24, 2.45) is 0 Å². The third-order valence-corrected chi connectivity index (χ3v) is 7.58. The summed E-state index contributed by atoms with van der Waals surface area (Å²) in [7, 11) is 0. The van der Waals surface area contributed by atoms with Gasteiger partial charge in [0.2, 0.25) is 0 Å². The zero-order chi connectivity index (χ0) is 18.6. The van der Waals surface area contributed by atoms with Crippen molar-refractivity contribution in [2.75, 3.05) is 16.8 Å². The van der Waals surface area contributed by atoms with Crippen LogP contribution in [0.5, 0.6) is 0 Å². The zero-order valence-corrected chi connectivity index (χ0v) is 17.7. The van der Waals surface area contributed by atoms with Gasteiger partial charge in [-0.25, -0.2) is 0 Å². The Morgan fingerprint density at radius 2 is 1.96 bits per heavy atom. The molecule has 2 heterocycles. The number of aryl methyl sites for hydroxylation is 2. The molecule has 3 heteroatoms. The smallest absolute Gasteiger partial charge is 0.0649 e. The van der Waals surface area contributed by atoms with E-state index in [9.17, 15) is 0 Å². The summed E-state index contributed by atoms with van der Waals surface area (Å²) in [5.41, 5.74) is 10.2. The van der Waals surface area contributed by atoms with E-state index in [0.717, 1.165) is 6.54 Å². The molecule has 0 saturated heterocycles. The molecule has 1 aromatic carbocycles. The highest BCUT2D eigenvalue weighted by Gasteiger charge is 2.34. The molecule has 2 aromatic rings. The number of fused-ring (bicyclic) bond motifs is 2. The third kappa shape index (κ3) is 2.51. The lowest BCUT2D eigenvalue weighted by Crippen LogP contribution is -2.27. The molecule has 2 nitrogen and oxygen atoms in total. The first-order valence-corrected chi connectivity index (χ1v) is 10.7. The first-order valence-electron chi connectivity index (χ1n) is 9.91. The Balaban J connectivity index is 1.87. The normalized spacial score (nSPS) is 21.5. The summed E-state index contributed by atoms with van der Waals surface area (Å²) in [5.74, 6) is 0.519. The maximum Gasteiger partial charge on any atom is 0.0649 e. The fraction of sp³-hybridized carbons (Fsp3) is 0.478. The van der Waals surface area contributed by atoms with E-state index >= 15 is 0 Å². The lowest BCUT2D eigenvalue weighted by Gasteiger charge is -2.33. The molecule has 2 atom stereocenters. The van der Waals surface area contributed by atoms with E-state index in [4.69, 9.17) is 0 Å². The van der Waals surface area contributed by atoms with E-state index in [-0.39, 0.29) is 0 Å².